The Morgan fingerprint density at radius 1 is 0.333 bits per heavy atom. The molecule has 0 aromatic heterocycles. The second-order valence-electron chi connectivity index (χ2n) is 0. The Morgan fingerprint density at radius 2 is 0.333 bits per heavy atom. The molecule has 0 spiro atoms. The van der Waals surface area contributed by atoms with Gasteiger partial charge in [0, 0.05) is 0 Å². The Hall–Kier alpha value is 1.71. The van der Waals surface area contributed by atoms with Gasteiger partial charge in [-0.25, -0.2) is 0 Å². The molecule has 0 radical (unpaired) electrons. The highest BCUT2D eigenvalue weighted by Crippen LogP contribution is 0.652. The lowest BCUT2D eigenvalue weighted by molar-refractivity contribution is 0.824. The molecule has 0 atom stereocenters. The first kappa shape index (κ1) is 119. The van der Waals surface area contributed by atoms with Gasteiger partial charge in [0.1, 0.15) is 0 Å². The Bertz CT molecular complexity index is 3.90. The minimum absolute atomic E-state index is 0. The van der Waals surface area contributed by atoms with Crippen molar-refractivity contribution in [3.05, 3.63) is 0 Å². The maximum atomic E-state index is 0. The lowest BCUT2D eigenvalue weighted by Gasteiger charge is -0.412. The summed E-state index contributed by atoms with van der Waals surface area (Å²) >= 11 is 0. The van der Waals surface area contributed by atoms with Gasteiger partial charge in [-0.15, -0.1) is 0 Å². The molecule has 48 valence electrons. The molecule has 1 nitrogen and oxygen atoms in total. The van der Waals surface area contributed by atoms with Crippen molar-refractivity contribution in [3.8, 4) is 0 Å². The highest BCUT2D eigenvalue weighted by atomic mass is 32.1. The summed E-state index contributed by atoms with van der Waals surface area (Å²) in [5, 5.41) is 0. The molecule has 0 bridgehead atoms. The van der Waals surface area contributed by atoms with Crippen molar-refractivity contribution in [2.45, 2.75) is 0 Å². The summed E-state index contributed by atoms with van der Waals surface area (Å²) in [5.41, 5.74) is 0. The molecule has 0 aliphatic heterocycles. The van der Waals surface area contributed by atoms with Crippen molar-refractivity contribution in [2.24, 2.45) is 0 Å². The van der Waals surface area contributed by atoms with Gasteiger partial charge in [-0.05, 0) is 0 Å². The molecular formula is H12OS5. The fourth-order valence-electron chi connectivity index (χ4n) is 0. The van der Waals surface area contributed by atoms with Gasteiger partial charge in [0.15, 0.2) is 0 Å². The van der Waals surface area contributed by atoms with Gasteiger partial charge in [0.25, 0.3) is 0 Å². The van der Waals surface area contributed by atoms with Crippen LogP contribution in [0.3, 0.4) is 0 Å². The van der Waals surface area contributed by atoms with Gasteiger partial charge in [-0.2, -0.15) is 67.5 Å². The van der Waals surface area contributed by atoms with Crippen molar-refractivity contribution < 1.29 is 5.48 Å². The predicted octanol–water partition coefficient (Wildman–Crippen LogP) is -0.261. The largest absolute Gasteiger partial charge is 0.412 e. The summed E-state index contributed by atoms with van der Waals surface area (Å²) in [5.74, 6) is 0. The maximum Gasteiger partial charge on any atom is -0.197 e. The Balaban J connectivity index is 0. The zero-order valence-electron chi connectivity index (χ0n) is 3.00. The zero-order valence-corrected chi connectivity index (χ0v) is 8.00. The van der Waals surface area contributed by atoms with E-state index >= 15 is 0 Å². The van der Waals surface area contributed by atoms with Gasteiger partial charge >= 0.3 is 0 Å². The monoisotopic (exact) mass is 188 g/mol. The van der Waals surface area contributed by atoms with E-state index in [1.165, 1.54) is 0 Å². The molecular weight excluding hydrogens is 176 g/mol. The molecule has 6 heteroatoms. The van der Waals surface area contributed by atoms with E-state index in [1.807, 2.05) is 0 Å². The first-order valence-electron chi connectivity index (χ1n) is 0. The Morgan fingerprint density at radius 3 is 0.333 bits per heavy atom. The predicted molar refractivity (Wildman–Crippen MR) is 55.5 cm³/mol. The number of hydrogen-bond acceptors (Lipinski definition) is 0. The summed E-state index contributed by atoms with van der Waals surface area (Å²) in [7, 11) is 0. The van der Waals surface area contributed by atoms with Crippen molar-refractivity contribution >= 4 is 67.5 Å². The summed E-state index contributed by atoms with van der Waals surface area (Å²) < 4.78 is 0. The van der Waals surface area contributed by atoms with E-state index in [9.17, 15) is 0 Å². The van der Waals surface area contributed by atoms with Crippen LogP contribution < -0.4 is 0 Å². The van der Waals surface area contributed by atoms with Crippen molar-refractivity contribution in [1.82, 2.24) is 0 Å². The first-order valence-corrected chi connectivity index (χ1v) is 0. The van der Waals surface area contributed by atoms with Crippen LogP contribution in [-0.4, -0.2) is 5.48 Å². The third-order valence-electron chi connectivity index (χ3n) is 0. The highest BCUT2D eigenvalue weighted by Gasteiger charge is -0.193. The van der Waals surface area contributed by atoms with Crippen LogP contribution in [0, 0.1) is 0 Å². The third kappa shape index (κ3) is 43.3. The molecule has 0 amide bonds. The molecule has 0 rings (SSSR count). The fourth-order valence-corrected chi connectivity index (χ4v) is 0. The van der Waals surface area contributed by atoms with Gasteiger partial charge in [-0.1, -0.05) is 0 Å². The Kier molecular flexibility index (Phi) is 1480. The summed E-state index contributed by atoms with van der Waals surface area (Å²) in [6, 6.07) is 0. The smallest absolute Gasteiger partial charge is 0.197 e. The van der Waals surface area contributed by atoms with Crippen LogP contribution in [0.15, 0.2) is 0 Å². The van der Waals surface area contributed by atoms with Crippen LogP contribution >= 0.6 is 67.5 Å². The molecule has 0 heterocycles. The van der Waals surface area contributed by atoms with Crippen LogP contribution in [0.5, 0.6) is 0 Å². The molecule has 0 unspecified atom stereocenters. The number of hydrogen-bond donors (Lipinski definition) is 0. The molecule has 0 aliphatic carbocycles. The van der Waals surface area contributed by atoms with E-state index in [2.05, 4.69) is 0 Å². The lowest BCUT2D eigenvalue weighted by Crippen LogP contribution is -0.289. The molecule has 6 heavy (non-hydrogen) atoms. The second kappa shape index (κ2) is 74.8. The van der Waals surface area contributed by atoms with E-state index < -0.39 is 0 Å². The van der Waals surface area contributed by atoms with Gasteiger partial charge in [-0.3, -0.25) is 0 Å². The quantitative estimate of drug-likeness (QED) is 0.502. The maximum absolute atomic E-state index is 0. The van der Waals surface area contributed by atoms with E-state index in [0.717, 1.165) is 0 Å². The molecule has 0 saturated carbocycles. The second-order valence-corrected chi connectivity index (χ2v) is 0. The van der Waals surface area contributed by atoms with Crippen molar-refractivity contribution in [2.75, 3.05) is 0 Å². The molecule has 2 N–H and O–H groups in total. The summed E-state index contributed by atoms with van der Waals surface area (Å²) in [6.07, 6.45) is 0. The lowest BCUT2D eigenvalue weighted by atomic mass is 16.0. The molecule has 0 aromatic rings. The van der Waals surface area contributed by atoms with E-state index in [1.54, 1.807) is 0 Å². The van der Waals surface area contributed by atoms with Crippen molar-refractivity contribution in [1.29, 1.82) is 0 Å². The first-order chi connectivity index (χ1) is 0. The highest BCUT2D eigenvalue weighted by molar-refractivity contribution is 7.60. The summed E-state index contributed by atoms with van der Waals surface area (Å²) in [4.78, 5) is 0. The topological polar surface area (TPSA) is 31.5 Å². The molecule has 0 aliphatic rings. The van der Waals surface area contributed by atoms with Crippen LogP contribution in [0.25, 0.3) is 0 Å². The zero-order chi connectivity index (χ0) is 0. The van der Waals surface area contributed by atoms with Crippen molar-refractivity contribution in [3.63, 3.8) is 0 Å². The minimum atomic E-state index is 0. The third-order valence-corrected chi connectivity index (χ3v) is 0. The normalized spacial score (nSPS) is 0. The summed E-state index contributed by atoms with van der Waals surface area (Å²) in [6.45, 7) is 0. The van der Waals surface area contributed by atoms with E-state index in [0.29, 0.717) is 0 Å². The SMILES string of the molecule is O.S.S.S.S.S. The average molecular weight is 188 g/mol. The van der Waals surface area contributed by atoms with Gasteiger partial charge < -0.3 is 5.48 Å². The molecule has 0 saturated heterocycles. The number of rotatable bonds is 0. The van der Waals surface area contributed by atoms with Crippen LogP contribution in [0.2, 0.25) is 0 Å². The molecule has 0 aromatic carbocycles. The van der Waals surface area contributed by atoms with Crippen LogP contribution in [-0.2, 0) is 0 Å². The van der Waals surface area contributed by atoms with E-state index in [-0.39, 0.29) is 73.0 Å². The minimum Gasteiger partial charge on any atom is -0.412 e. The average Bonchev–Trinajstić information content (AvgIpc) is 0. The standard InChI is InChI=1S/H2O.5H2S/h6*1H2. The fraction of sp³-hybridized carbons (Fsp3) is 0. The van der Waals surface area contributed by atoms with Crippen LogP contribution in [0.4, 0.5) is 0 Å². The molecule has 0 fully saturated rings. The van der Waals surface area contributed by atoms with E-state index in [4.69, 9.17) is 0 Å². The Labute approximate surface area is 72.8 Å². The van der Waals surface area contributed by atoms with Gasteiger partial charge in [0.2, 0.25) is 0 Å². The van der Waals surface area contributed by atoms with Crippen LogP contribution in [0.1, 0.15) is 0 Å². The van der Waals surface area contributed by atoms with Gasteiger partial charge in [0.05, 0.1) is 0 Å².